The number of anilines is 2. The molecular formula is C12H17N3O4. The summed E-state index contributed by atoms with van der Waals surface area (Å²) < 4.78 is 0. The molecule has 3 N–H and O–H groups in total. The van der Waals surface area contributed by atoms with Crippen molar-refractivity contribution in [3.63, 3.8) is 0 Å². The number of hydrogen-bond donors (Lipinski definition) is 3. The molecule has 1 aromatic heterocycles. The Morgan fingerprint density at radius 3 is 2.63 bits per heavy atom. The highest BCUT2D eigenvalue weighted by Gasteiger charge is 2.07. The summed E-state index contributed by atoms with van der Waals surface area (Å²) in [6.45, 7) is 0.503. The minimum absolute atomic E-state index is 0.0336. The van der Waals surface area contributed by atoms with Crippen LogP contribution in [-0.2, 0) is 9.59 Å². The molecule has 0 spiro atoms. The zero-order valence-corrected chi connectivity index (χ0v) is 10.7. The molecule has 0 unspecified atom stereocenters. The van der Waals surface area contributed by atoms with E-state index >= 15 is 0 Å². The molecule has 0 saturated carbocycles. The molecule has 0 aromatic carbocycles. The summed E-state index contributed by atoms with van der Waals surface area (Å²) in [7, 11) is 1.80. The van der Waals surface area contributed by atoms with Crippen molar-refractivity contribution in [3.05, 3.63) is 18.3 Å². The fraction of sp³-hybridized carbons (Fsp3) is 0.417. The van der Waals surface area contributed by atoms with Crippen LogP contribution in [0, 0.1) is 0 Å². The van der Waals surface area contributed by atoms with Crippen LogP contribution in [0.4, 0.5) is 11.5 Å². The predicted molar refractivity (Wildman–Crippen MR) is 70.1 cm³/mol. The number of aromatic nitrogens is 1. The monoisotopic (exact) mass is 267 g/mol. The predicted octanol–water partition coefficient (Wildman–Crippen LogP) is 0.313. The molecule has 1 amide bonds. The maximum atomic E-state index is 11.4. The molecular weight excluding hydrogens is 250 g/mol. The molecule has 1 aromatic rings. The molecule has 7 heteroatoms. The van der Waals surface area contributed by atoms with E-state index in [1.54, 1.807) is 24.1 Å². The van der Waals surface area contributed by atoms with Crippen LogP contribution < -0.4 is 10.2 Å². The van der Waals surface area contributed by atoms with Gasteiger partial charge in [-0.2, -0.15) is 0 Å². The van der Waals surface area contributed by atoms with Crippen molar-refractivity contribution in [2.75, 3.05) is 30.4 Å². The smallest absolute Gasteiger partial charge is 0.303 e. The summed E-state index contributed by atoms with van der Waals surface area (Å²) in [5, 5.41) is 19.8. The summed E-state index contributed by atoms with van der Waals surface area (Å²) in [5.74, 6) is -0.688. The summed E-state index contributed by atoms with van der Waals surface area (Å²) in [6.07, 6.45) is 1.22. The molecule has 0 aliphatic rings. The summed E-state index contributed by atoms with van der Waals surface area (Å²) in [6, 6.07) is 3.39. The second-order valence-electron chi connectivity index (χ2n) is 3.99. The number of rotatable bonds is 7. The fourth-order valence-corrected chi connectivity index (χ4v) is 1.39. The van der Waals surface area contributed by atoms with Gasteiger partial charge < -0.3 is 20.4 Å². The number of hydrogen-bond acceptors (Lipinski definition) is 5. The van der Waals surface area contributed by atoms with Crippen LogP contribution in [0.25, 0.3) is 0 Å². The van der Waals surface area contributed by atoms with Gasteiger partial charge in [0.05, 0.1) is 24.9 Å². The lowest BCUT2D eigenvalue weighted by Gasteiger charge is -2.16. The topological polar surface area (TPSA) is 103 Å². The van der Waals surface area contributed by atoms with Gasteiger partial charge in [-0.25, -0.2) is 4.98 Å². The zero-order valence-electron chi connectivity index (χ0n) is 10.7. The van der Waals surface area contributed by atoms with Crippen molar-refractivity contribution in [3.8, 4) is 0 Å². The summed E-state index contributed by atoms with van der Waals surface area (Å²) in [4.78, 5) is 27.6. The van der Waals surface area contributed by atoms with Crippen molar-refractivity contribution in [1.29, 1.82) is 0 Å². The third-order valence-corrected chi connectivity index (χ3v) is 2.42. The first-order valence-electron chi connectivity index (χ1n) is 5.82. The molecule has 0 aliphatic carbocycles. The van der Waals surface area contributed by atoms with E-state index in [9.17, 15) is 9.59 Å². The van der Waals surface area contributed by atoms with E-state index in [0.717, 1.165) is 0 Å². The van der Waals surface area contributed by atoms with Crippen molar-refractivity contribution >= 4 is 23.4 Å². The highest BCUT2D eigenvalue weighted by Crippen LogP contribution is 2.13. The highest BCUT2D eigenvalue weighted by molar-refractivity contribution is 5.92. The lowest BCUT2D eigenvalue weighted by molar-refractivity contribution is -0.138. The standard InChI is InChI=1S/C12H17N3O4/c1-15(6-7-16)10-3-2-9(8-13-10)14-11(17)4-5-12(18)19/h2-3,8,16H,4-7H2,1H3,(H,14,17)(H,18,19). The number of carbonyl (C=O) groups is 2. The average molecular weight is 267 g/mol. The number of aliphatic carboxylic acids is 1. The van der Waals surface area contributed by atoms with E-state index in [1.165, 1.54) is 6.20 Å². The Balaban J connectivity index is 2.52. The van der Waals surface area contributed by atoms with Gasteiger partial charge in [0.2, 0.25) is 5.91 Å². The van der Waals surface area contributed by atoms with E-state index in [-0.39, 0.29) is 25.4 Å². The zero-order chi connectivity index (χ0) is 14.3. The van der Waals surface area contributed by atoms with Crippen LogP contribution in [0.1, 0.15) is 12.8 Å². The van der Waals surface area contributed by atoms with Crippen LogP contribution in [0.5, 0.6) is 0 Å². The number of carboxylic acids is 1. The van der Waals surface area contributed by atoms with Crippen molar-refractivity contribution in [1.82, 2.24) is 4.98 Å². The lowest BCUT2D eigenvalue weighted by Crippen LogP contribution is -2.22. The maximum Gasteiger partial charge on any atom is 0.303 e. The van der Waals surface area contributed by atoms with Crippen LogP contribution >= 0.6 is 0 Å². The van der Waals surface area contributed by atoms with Gasteiger partial charge >= 0.3 is 5.97 Å². The second-order valence-corrected chi connectivity index (χ2v) is 3.99. The van der Waals surface area contributed by atoms with E-state index in [1.807, 2.05) is 0 Å². The first kappa shape index (κ1) is 14.9. The fourth-order valence-electron chi connectivity index (χ4n) is 1.39. The van der Waals surface area contributed by atoms with Gasteiger partial charge in [0, 0.05) is 20.0 Å². The van der Waals surface area contributed by atoms with Gasteiger partial charge in [-0.1, -0.05) is 0 Å². The molecule has 1 heterocycles. The molecule has 0 radical (unpaired) electrons. The Morgan fingerprint density at radius 2 is 2.11 bits per heavy atom. The van der Waals surface area contributed by atoms with Crippen molar-refractivity contribution in [2.24, 2.45) is 0 Å². The largest absolute Gasteiger partial charge is 0.481 e. The van der Waals surface area contributed by atoms with E-state index in [0.29, 0.717) is 18.1 Å². The Kier molecular flexibility index (Phi) is 5.74. The molecule has 0 saturated heterocycles. The first-order valence-corrected chi connectivity index (χ1v) is 5.82. The molecule has 1 rings (SSSR count). The number of nitrogens with zero attached hydrogens (tertiary/aromatic N) is 2. The number of aliphatic hydroxyl groups excluding tert-OH is 1. The number of nitrogens with one attached hydrogen (secondary N) is 1. The second kappa shape index (κ2) is 7.32. The Labute approximate surface area is 110 Å². The molecule has 0 fully saturated rings. The van der Waals surface area contributed by atoms with Gasteiger partial charge in [-0.15, -0.1) is 0 Å². The van der Waals surface area contributed by atoms with Crippen LogP contribution in [0.2, 0.25) is 0 Å². The quantitative estimate of drug-likeness (QED) is 0.657. The minimum atomic E-state index is -1.01. The number of carboxylic acid groups (broad SMARTS) is 1. The number of likely N-dealkylation sites (N-methyl/N-ethyl adjacent to an activating group) is 1. The van der Waals surface area contributed by atoms with Gasteiger partial charge in [0.25, 0.3) is 0 Å². The van der Waals surface area contributed by atoms with Gasteiger partial charge in [0.1, 0.15) is 5.82 Å². The van der Waals surface area contributed by atoms with E-state index in [4.69, 9.17) is 10.2 Å². The maximum absolute atomic E-state index is 11.4. The summed E-state index contributed by atoms with van der Waals surface area (Å²) in [5.41, 5.74) is 0.511. The Hall–Kier alpha value is -2.15. The van der Waals surface area contributed by atoms with Gasteiger partial charge in [-0.05, 0) is 12.1 Å². The van der Waals surface area contributed by atoms with Crippen LogP contribution in [0.3, 0.4) is 0 Å². The molecule has 0 aliphatic heterocycles. The Morgan fingerprint density at radius 1 is 1.37 bits per heavy atom. The minimum Gasteiger partial charge on any atom is -0.481 e. The van der Waals surface area contributed by atoms with Crippen molar-refractivity contribution < 1.29 is 19.8 Å². The molecule has 0 bridgehead atoms. The first-order chi connectivity index (χ1) is 9.02. The average Bonchev–Trinajstić information content (AvgIpc) is 2.37. The van der Waals surface area contributed by atoms with Gasteiger partial charge in [-0.3, -0.25) is 9.59 Å². The van der Waals surface area contributed by atoms with E-state index in [2.05, 4.69) is 10.3 Å². The number of carbonyl (C=O) groups excluding carboxylic acids is 1. The van der Waals surface area contributed by atoms with Crippen LogP contribution in [-0.4, -0.2) is 47.3 Å². The Bertz CT molecular complexity index is 433. The molecule has 19 heavy (non-hydrogen) atoms. The number of amides is 1. The highest BCUT2D eigenvalue weighted by atomic mass is 16.4. The lowest BCUT2D eigenvalue weighted by atomic mass is 10.3. The SMILES string of the molecule is CN(CCO)c1ccc(NC(=O)CCC(=O)O)cn1. The third-order valence-electron chi connectivity index (χ3n) is 2.42. The van der Waals surface area contributed by atoms with E-state index < -0.39 is 5.97 Å². The van der Waals surface area contributed by atoms with Crippen molar-refractivity contribution in [2.45, 2.75) is 12.8 Å². The molecule has 104 valence electrons. The molecule has 0 atom stereocenters. The summed E-state index contributed by atoms with van der Waals surface area (Å²) >= 11 is 0. The van der Waals surface area contributed by atoms with Gasteiger partial charge in [0.15, 0.2) is 0 Å². The number of aliphatic hydroxyl groups is 1. The van der Waals surface area contributed by atoms with Crippen LogP contribution in [0.15, 0.2) is 18.3 Å². The third kappa shape index (κ3) is 5.35. The number of pyridine rings is 1. The normalized spacial score (nSPS) is 10.0. The molecule has 7 nitrogen and oxygen atoms in total.